The molecule has 0 aliphatic carbocycles. The van der Waals surface area contributed by atoms with Gasteiger partial charge in [-0.25, -0.2) is 4.98 Å². The molecule has 0 spiro atoms. The molecular formula is C18H21N3O3S. The topological polar surface area (TPSA) is 71.5 Å². The summed E-state index contributed by atoms with van der Waals surface area (Å²) in [5, 5.41) is 5.40. The molecule has 132 valence electrons. The number of amides is 1. The van der Waals surface area contributed by atoms with Crippen LogP contribution >= 0.6 is 11.3 Å². The molecule has 1 aliphatic heterocycles. The van der Waals surface area contributed by atoms with Gasteiger partial charge in [-0.15, -0.1) is 11.3 Å². The van der Waals surface area contributed by atoms with E-state index in [9.17, 15) is 9.59 Å². The molecule has 2 aromatic rings. The predicted molar refractivity (Wildman–Crippen MR) is 97.1 cm³/mol. The van der Waals surface area contributed by atoms with Crippen molar-refractivity contribution in [3.05, 3.63) is 40.9 Å². The molecule has 3 rings (SSSR count). The molecule has 6 nitrogen and oxygen atoms in total. The number of benzene rings is 1. The molecule has 1 fully saturated rings. The molecule has 0 unspecified atom stereocenters. The molecule has 2 heterocycles. The van der Waals surface area contributed by atoms with Gasteiger partial charge in [0.2, 0.25) is 0 Å². The number of ether oxygens (including phenoxy) is 1. The van der Waals surface area contributed by atoms with E-state index < -0.39 is 0 Å². The first kappa shape index (κ1) is 17.7. The van der Waals surface area contributed by atoms with Gasteiger partial charge in [-0.3, -0.25) is 14.5 Å². The average Bonchev–Trinajstić information content (AvgIpc) is 3.13. The maximum absolute atomic E-state index is 12.2. The number of carbonyl (C=O) groups excluding carboxylic acids is 2. The third-order valence-electron chi connectivity index (χ3n) is 4.07. The minimum Gasteiger partial charge on any atom is -0.379 e. The maximum atomic E-state index is 12.2. The molecule has 1 amide bonds. The van der Waals surface area contributed by atoms with E-state index in [1.807, 2.05) is 12.1 Å². The van der Waals surface area contributed by atoms with E-state index in [1.165, 1.54) is 18.3 Å². The molecule has 0 bridgehead atoms. The summed E-state index contributed by atoms with van der Waals surface area (Å²) < 4.78 is 5.31. The van der Waals surface area contributed by atoms with Crippen LogP contribution in [0.5, 0.6) is 0 Å². The van der Waals surface area contributed by atoms with Crippen LogP contribution in [0.4, 0.5) is 0 Å². The monoisotopic (exact) mass is 359 g/mol. The summed E-state index contributed by atoms with van der Waals surface area (Å²) in [6, 6.07) is 7.31. The summed E-state index contributed by atoms with van der Waals surface area (Å²) in [6.07, 6.45) is 0. The summed E-state index contributed by atoms with van der Waals surface area (Å²) in [7, 11) is 0. The Labute approximate surface area is 150 Å². The van der Waals surface area contributed by atoms with Crippen LogP contribution in [0.3, 0.4) is 0 Å². The summed E-state index contributed by atoms with van der Waals surface area (Å²) >= 11 is 1.40. The molecule has 7 heteroatoms. The lowest BCUT2D eigenvalue weighted by Crippen LogP contribution is -2.41. The van der Waals surface area contributed by atoms with E-state index in [4.69, 9.17) is 4.74 Å². The van der Waals surface area contributed by atoms with Crippen LogP contribution in [0.25, 0.3) is 10.6 Å². The normalized spacial score (nSPS) is 15.1. The molecule has 1 N–H and O–H groups in total. The SMILES string of the molecule is CC(=O)c1cccc(-c2nc(C(=O)NCCN3CCOCC3)cs2)c1. The Kier molecular flexibility index (Phi) is 5.91. The zero-order chi connectivity index (χ0) is 17.6. The Balaban J connectivity index is 1.57. The van der Waals surface area contributed by atoms with E-state index >= 15 is 0 Å². The van der Waals surface area contributed by atoms with Crippen molar-refractivity contribution in [2.45, 2.75) is 6.92 Å². The average molecular weight is 359 g/mol. The Hall–Kier alpha value is -2.09. The van der Waals surface area contributed by atoms with Crippen molar-refractivity contribution in [1.29, 1.82) is 0 Å². The van der Waals surface area contributed by atoms with E-state index in [0.29, 0.717) is 17.8 Å². The summed E-state index contributed by atoms with van der Waals surface area (Å²) in [5.74, 6) is -0.155. The highest BCUT2D eigenvalue weighted by Crippen LogP contribution is 2.24. The Bertz CT molecular complexity index is 754. The molecule has 1 saturated heterocycles. The van der Waals surface area contributed by atoms with Crippen molar-refractivity contribution < 1.29 is 14.3 Å². The first-order valence-electron chi connectivity index (χ1n) is 8.28. The van der Waals surface area contributed by atoms with Crippen LogP contribution in [0.2, 0.25) is 0 Å². The van der Waals surface area contributed by atoms with Crippen molar-refractivity contribution in [1.82, 2.24) is 15.2 Å². The van der Waals surface area contributed by atoms with Gasteiger partial charge in [0.25, 0.3) is 5.91 Å². The summed E-state index contributed by atoms with van der Waals surface area (Å²) in [4.78, 5) is 30.4. The van der Waals surface area contributed by atoms with Crippen molar-refractivity contribution >= 4 is 23.0 Å². The minimum absolute atomic E-state index is 0.0134. The highest BCUT2D eigenvalue weighted by molar-refractivity contribution is 7.13. The second-order valence-corrected chi connectivity index (χ2v) is 6.74. The number of Topliss-reactive ketones (excluding diaryl/α,β-unsaturated/α-hetero) is 1. The van der Waals surface area contributed by atoms with Gasteiger partial charge in [0, 0.05) is 42.7 Å². The number of ketones is 1. The number of rotatable bonds is 6. The highest BCUT2D eigenvalue weighted by Gasteiger charge is 2.14. The number of hydrogen-bond donors (Lipinski definition) is 1. The Morgan fingerprint density at radius 1 is 1.32 bits per heavy atom. The van der Waals surface area contributed by atoms with Crippen LogP contribution in [0.15, 0.2) is 29.6 Å². The van der Waals surface area contributed by atoms with Crippen LogP contribution in [-0.4, -0.2) is 61.0 Å². The number of nitrogens with zero attached hydrogens (tertiary/aromatic N) is 2. The zero-order valence-electron chi connectivity index (χ0n) is 14.2. The van der Waals surface area contributed by atoms with Gasteiger partial charge in [0.15, 0.2) is 5.78 Å². The van der Waals surface area contributed by atoms with E-state index in [2.05, 4.69) is 15.2 Å². The highest BCUT2D eigenvalue weighted by atomic mass is 32.1. The minimum atomic E-state index is -0.168. The maximum Gasteiger partial charge on any atom is 0.270 e. The number of aromatic nitrogens is 1. The summed E-state index contributed by atoms with van der Waals surface area (Å²) in [6.45, 7) is 6.25. The molecule has 1 aliphatic rings. The van der Waals surface area contributed by atoms with Gasteiger partial charge in [0.05, 0.1) is 13.2 Å². The van der Waals surface area contributed by atoms with E-state index in [1.54, 1.807) is 17.5 Å². The van der Waals surface area contributed by atoms with Gasteiger partial charge >= 0.3 is 0 Å². The second-order valence-electron chi connectivity index (χ2n) is 5.88. The third-order valence-corrected chi connectivity index (χ3v) is 4.96. The van der Waals surface area contributed by atoms with Gasteiger partial charge < -0.3 is 10.1 Å². The van der Waals surface area contributed by atoms with Crippen LogP contribution in [0, 0.1) is 0 Å². The molecule has 0 atom stereocenters. The van der Waals surface area contributed by atoms with E-state index in [0.717, 1.165) is 43.4 Å². The van der Waals surface area contributed by atoms with Crippen LogP contribution in [0.1, 0.15) is 27.8 Å². The van der Waals surface area contributed by atoms with Crippen molar-refractivity contribution in [2.75, 3.05) is 39.4 Å². The number of morpholine rings is 1. The molecule has 1 aromatic heterocycles. The number of hydrogen-bond acceptors (Lipinski definition) is 6. The van der Waals surface area contributed by atoms with Crippen molar-refractivity contribution in [2.24, 2.45) is 0 Å². The van der Waals surface area contributed by atoms with Crippen LogP contribution < -0.4 is 5.32 Å². The zero-order valence-corrected chi connectivity index (χ0v) is 15.0. The largest absolute Gasteiger partial charge is 0.379 e. The third kappa shape index (κ3) is 4.72. The number of carbonyl (C=O) groups is 2. The molecule has 0 radical (unpaired) electrons. The quantitative estimate of drug-likeness (QED) is 0.800. The lowest BCUT2D eigenvalue weighted by molar-refractivity contribution is 0.0383. The van der Waals surface area contributed by atoms with Crippen molar-refractivity contribution in [3.63, 3.8) is 0 Å². The first-order chi connectivity index (χ1) is 12.1. The standard InChI is InChI=1S/C18H21N3O3S/c1-13(22)14-3-2-4-15(11-14)18-20-16(12-25-18)17(23)19-5-6-21-7-9-24-10-8-21/h2-4,11-12H,5-10H2,1H3,(H,19,23). The molecule has 25 heavy (non-hydrogen) atoms. The molecule has 1 aromatic carbocycles. The van der Waals surface area contributed by atoms with Crippen LogP contribution in [-0.2, 0) is 4.74 Å². The van der Waals surface area contributed by atoms with Gasteiger partial charge in [-0.2, -0.15) is 0 Å². The van der Waals surface area contributed by atoms with Gasteiger partial charge in [-0.05, 0) is 13.0 Å². The van der Waals surface area contributed by atoms with E-state index in [-0.39, 0.29) is 11.7 Å². The lowest BCUT2D eigenvalue weighted by atomic mass is 10.1. The number of nitrogens with one attached hydrogen (secondary N) is 1. The molecular weight excluding hydrogens is 338 g/mol. The molecule has 0 saturated carbocycles. The predicted octanol–water partition coefficient (Wildman–Crippen LogP) is 2.07. The lowest BCUT2D eigenvalue weighted by Gasteiger charge is -2.26. The number of thiazole rings is 1. The van der Waals surface area contributed by atoms with Crippen molar-refractivity contribution in [3.8, 4) is 10.6 Å². The fourth-order valence-electron chi connectivity index (χ4n) is 2.62. The summed E-state index contributed by atoms with van der Waals surface area (Å²) in [5.41, 5.74) is 1.91. The van der Waals surface area contributed by atoms with Gasteiger partial charge in [-0.1, -0.05) is 18.2 Å². The fourth-order valence-corrected chi connectivity index (χ4v) is 3.42. The Morgan fingerprint density at radius 3 is 2.88 bits per heavy atom. The second kappa shape index (κ2) is 8.33. The fraction of sp³-hybridized carbons (Fsp3) is 0.389. The smallest absolute Gasteiger partial charge is 0.270 e. The van der Waals surface area contributed by atoms with Gasteiger partial charge in [0.1, 0.15) is 10.7 Å². The Morgan fingerprint density at radius 2 is 2.12 bits per heavy atom. The first-order valence-corrected chi connectivity index (χ1v) is 9.16.